The molecule has 2 fully saturated rings. The van der Waals surface area contributed by atoms with Crippen molar-refractivity contribution < 1.29 is 17.2 Å². The van der Waals surface area contributed by atoms with Crippen LogP contribution in [0.15, 0.2) is 23.1 Å². The summed E-state index contributed by atoms with van der Waals surface area (Å²) in [4.78, 5) is 1.92. The molecule has 5 nitrogen and oxygen atoms in total. The first-order chi connectivity index (χ1) is 9.96. The summed E-state index contributed by atoms with van der Waals surface area (Å²) in [5.74, 6) is -1.76. The maximum absolute atomic E-state index is 13.2. The minimum absolute atomic E-state index is 0.321. The highest BCUT2D eigenvalue weighted by Crippen LogP contribution is 2.21. The van der Waals surface area contributed by atoms with Gasteiger partial charge >= 0.3 is 0 Å². The first kappa shape index (κ1) is 14.8. The quantitative estimate of drug-likeness (QED) is 0.868. The van der Waals surface area contributed by atoms with Crippen molar-refractivity contribution in [3.8, 4) is 0 Å². The molecule has 2 aliphatic heterocycles. The lowest BCUT2D eigenvalue weighted by molar-refractivity contribution is 0.103. The largest absolute Gasteiger partial charge is 0.314 e. The number of nitrogens with one attached hydrogen (secondary N) is 1. The number of rotatable bonds is 3. The first-order valence-corrected chi connectivity index (χ1v) is 8.32. The van der Waals surface area contributed by atoms with E-state index in [0.717, 1.165) is 25.2 Å². The van der Waals surface area contributed by atoms with Gasteiger partial charge in [0.1, 0.15) is 11.6 Å². The van der Waals surface area contributed by atoms with Gasteiger partial charge in [-0.3, -0.25) is 4.90 Å². The molecule has 0 spiro atoms. The Bertz CT molecular complexity index is 606. The number of benzene rings is 1. The molecule has 0 saturated carbocycles. The average Bonchev–Trinajstić information content (AvgIpc) is 2.36. The lowest BCUT2D eigenvalue weighted by Crippen LogP contribution is -2.62. The van der Waals surface area contributed by atoms with E-state index in [1.165, 1.54) is 4.31 Å². The van der Waals surface area contributed by atoms with Gasteiger partial charge in [-0.2, -0.15) is 4.31 Å². The Labute approximate surface area is 122 Å². The fraction of sp³-hybridized carbons (Fsp3) is 0.538. The third kappa shape index (κ3) is 2.94. The topological polar surface area (TPSA) is 52.7 Å². The second-order valence-corrected chi connectivity index (χ2v) is 7.30. The van der Waals surface area contributed by atoms with Crippen LogP contribution < -0.4 is 5.32 Å². The second kappa shape index (κ2) is 5.60. The SMILES string of the molecule is O=S(=O)(c1cc(F)cc(F)c1)N1CCN(C2CNC2)CC1. The minimum atomic E-state index is -3.83. The number of halogens is 2. The van der Waals surface area contributed by atoms with Crippen LogP contribution in [0.1, 0.15) is 0 Å². The molecule has 0 aromatic heterocycles. The van der Waals surface area contributed by atoms with Gasteiger partial charge in [-0.25, -0.2) is 17.2 Å². The Morgan fingerprint density at radius 3 is 2.05 bits per heavy atom. The second-order valence-electron chi connectivity index (χ2n) is 5.36. The van der Waals surface area contributed by atoms with Crippen LogP contribution in [0.4, 0.5) is 8.78 Å². The van der Waals surface area contributed by atoms with Crippen molar-refractivity contribution in [3.05, 3.63) is 29.8 Å². The summed E-state index contributed by atoms with van der Waals surface area (Å²) in [7, 11) is -3.83. The third-order valence-corrected chi connectivity index (χ3v) is 5.90. The fourth-order valence-electron chi connectivity index (χ4n) is 2.67. The Morgan fingerprint density at radius 1 is 1.00 bits per heavy atom. The fourth-order valence-corrected chi connectivity index (χ4v) is 4.13. The molecule has 3 rings (SSSR count). The highest BCUT2D eigenvalue weighted by molar-refractivity contribution is 7.89. The summed E-state index contributed by atoms with van der Waals surface area (Å²) in [6.07, 6.45) is 0. The van der Waals surface area contributed by atoms with Crippen LogP contribution in [0.5, 0.6) is 0 Å². The summed E-state index contributed by atoms with van der Waals surface area (Å²) in [6.45, 7) is 3.84. The van der Waals surface area contributed by atoms with Crippen LogP contribution in [0, 0.1) is 11.6 Å². The summed E-state index contributed by atoms with van der Waals surface area (Å²) in [5.41, 5.74) is 0. The molecule has 116 valence electrons. The van der Waals surface area contributed by atoms with E-state index in [1.807, 2.05) is 0 Å². The predicted octanol–water partition coefficient (Wildman–Crippen LogP) is 0.243. The van der Waals surface area contributed by atoms with Gasteiger partial charge in [-0.15, -0.1) is 0 Å². The lowest BCUT2D eigenvalue weighted by atomic mass is 10.1. The van der Waals surface area contributed by atoms with Gasteiger partial charge in [0.2, 0.25) is 10.0 Å². The zero-order valence-corrected chi connectivity index (χ0v) is 12.2. The maximum Gasteiger partial charge on any atom is 0.243 e. The Morgan fingerprint density at radius 2 is 1.57 bits per heavy atom. The van der Waals surface area contributed by atoms with Crippen molar-refractivity contribution in [1.82, 2.24) is 14.5 Å². The van der Waals surface area contributed by atoms with Crippen LogP contribution in [-0.4, -0.2) is 62.9 Å². The summed E-state index contributed by atoms with van der Waals surface area (Å²) in [5, 5.41) is 3.18. The molecule has 2 saturated heterocycles. The summed E-state index contributed by atoms with van der Waals surface area (Å²) in [6, 6.07) is 2.86. The number of nitrogens with zero attached hydrogens (tertiary/aromatic N) is 2. The zero-order valence-electron chi connectivity index (χ0n) is 11.4. The smallest absolute Gasteiger partial charge is 0.243 e. The molecule has 8 heteroatoms. The Balaban J connectivity index is 1.73. The van der Waals surface area contributed by atoms with Crippen LogP contribution >= 0.6 is 0 Å². The molecule has 21 heavy (non-hydrogen) atoms. The Kier molecular flexibility index (Phi) is 3.96. The third-order valence-electron chi connectivity index (χ3n) is 4.02. The molecule has 0 radical (unpaired) electrons. The molecule has 0 unspecified atom stereocenters. The van der Waals surface area contributed by atoms with Crippen molar-refractivity contribution >= 4 is 10.0 Å². The van der Waals surface area contributed by atoms with Gasteiger partial charge in [0, 0.05) is 51.4 Å². The van der Waals surface area contributed by atoms with Crippen LogP contribution in [-0.2, 0) is 10.0 Å². The standard InChI is InChI=1S/C13H17F2N3O2S/c14-10-5-11(15)7-13(6-10)21(19,20)18-3-1-17(2-4-18)12-8-16-9-12/h5-7,12,16H,1-4,8-9H2. The molecule has 1 aromatic rings. The van der Waals surface area contributed by atoms with Crippen molar-refractivity contribution in [1.29, 1.82) is 0 Å². The zero-order chi connectivity index (χ0) is 15.0. The monoisotopic (exact) mass is 317 g/mol. The molecule has 2 heterocycles. The highest BCUT2D eigenvalue weighted by Gasteiger charge is 2.33. The molecular weight excluding hydrogens is 300 g/mol. The normalized spacial score (nSPS) is 22.2. The minimum Gasteiger partial charge on any atom is -0.314 e. The van der Waals surface area contributed by atoms with E-state index in [4.69, 9.17) is 0 Å². The predicted molar refractivity (Wildman–Crippen MR) is 73.3 cm³/mol. The van der Waals surface area contributed by atoms with E-state index in [2.05, 4.69) is 10.2 Å². The molecule has 0 amide bonds. The van der Waals surface area contributed by atoms with Crippen molar-refractivity contribution in [3.63, 3.8) is 0 Å². The van der Waals surface area contributed by atoms with Crippen molar-refractivity contribution in [2.75, 3.05) is 39.3 Å². The van der Waals surface area contributed by atoms with Gasteiger partial charge in [-0.05, 0) is 12.1 Å². The van der Waals surface area contributed by atoms with Gasteiger partial charge in [0.15, 0.2) is 0 Å². The number of hydrogen-bond donors (Lipinski definition) is 1. The van der Waals surface area contributed by atoms with E-state index in [9.17, 15) is 17.2 Å². The van der Waals surface area contributed by atoms with E-state index < -0.39 is 21.7 Å². The maximum atomic E-state index is 13.2. The van der Waals surface area contributed by atoms with E-state index in [-0.39, 0.29) is 4.90 Å². The number of hydrogen-bond acceptors (Lipinski definition) is 4. The molecule has 0 atom stereocenters. The molecule has 2 aliphatic rings. The van der Waals surface area contributed by atoms with Gasteiger partial charge in [0.25, 0.3) is 0 Å². The van der Waals surface area contributed by atoms with Crippen LogP contribution in [0.2, 0.25) is 0 Å². The first-order valence-electron chi connectivity index (χ1n) is 6.88. The summed E-state index contributed by atoms with van der Waals surface area (Å²) >= 11 is 0. The van der Waals surface area contributed by atoms with Crippen LogP contribution in [0.3, 0.4) is 0 Å². The van der Waals surface area contributed by atoms with E-state index in [0.29, 0.717) is 38.3 Å². The summed E-state index contributed by atoms with van der Waals surface area (Å²) < 4.78 is 52.5. The van der Waals surface area contributed by atoms with Crippen molar-refractivity contribution in [2.45, 2.75) is 10.9 Å². The molecule has 0 aliphatic carbocycles. The van der Waals surface area contributed by atoms with E-state index >= 15 is 0 Å². The average molecular weight is 317 g/mol. The number of piperazine rings is 1. The molecular formula is C13H17F2N3O2S. The van der Waals surface area contributed by atoms with Crippen LogP contribution in [0.25, 0.3) is 0 Å². The molecule has 1 N–H and O–H groups in total. The highest BCUT2D eigenvalue weighted by atomic mass is 32.2. The van der Waals surface area contributed by atoms with Gasteiger partial charge < -0.3 is 5.32 Å². The molecule has 0 bridgehead atoms. The Hall–Kier alpha value is -1.09. The lowest BCUT2D eigenvalue weighted by Gasteiger charge is -2.42. The van der Waals surface area contributed by atoms with Gasteiger partial charge in [-0.1, -0.05) is 0 Å². The van der Waals surface area contributed by atoms with Gasteiger partial charge in [0.05, 0.1) is 4.90 Å². The van der Waals surface area contributed by atoms with E-state index in [1.54, 1.807) is 0 Å². The van der Waals surface area contributed by atoms with Crippen molar-refractivity contribution in [2.24, 2.45) is 0 Å². The number of sulfonamides is 1. The molecule has 1 aromatic carbocycles.